The van der Waals surface area contributed by atoms with Crippen molar-refractivity contribution < 1.29 is 4.79 Å². The number of likely N-dealkylation sites (tertiary alicyclic amines) is 1. The van der Waals surface area contributed by atoms with Crippen LogP contribution in [0.2, 0.25) is 5.02 Å². The number of nitrogens with zero attached hydrogens (tertiary/aromatic N) is 1. The van der Waals surface area contributed by atoms with E-state index in [1.165, 1.54) is 86.8 Å². The minimum atomic E-state index is 0.106. The van der Waals surface area contributed by atoms with E-state index in [9.17, 15) is 0 Å². The number of aryl methyl sites for hydroxylation is 1. The van der Waals surface area contributed by atoms with Gasteiger partial charge in [-0.2, -0.15) is 0 Å². The number of rotatable bonds is 7. The molecule has 0 spiro atoms. The highest BCUT2D eigenvalue weighted by molar-refractivity contribution is 6.30. The maximum Gasteiger partial charge on any atom is 0.106 e. The van der Waals surface area contributed by atoms with Crippen molar-refractivity contribution in [1.82, 2.24) is 10.2 Å². The Morgan fingerprint density at radius 3 is 2.41 bits per heavy atom. The minimum Gasteiger partial charge on any atom is -0.378 e. The highest BCUT2D eigenvalue weighted by Gasteiger charge is 2.50. The molecule has 3 aliphatic rings. The number of nitrogens with one attached hydrogen (secondary N) is 1. The molecule has 4 heteroatoms. The number of carbonyl (C=O) groups is 1. The zero-order chi connectivity index (χ0) is 24.2. The normalized spacial score (nSPS) is 22.9. The van der Waals surface area contributed by atoms with E-state index in [-0.39, 0.29) is 11.1 Å². The molecule has 1 unspecified atom stereocenters. The first-order chi connectivity index (χ1) is 16.5. The van der Waals surface area contributed by atoms with Crippen LogP contribution in [0.25, 0.3) is 0 Å². The number of hydrogen-bond acceptors (Lipinski definition) is 3. The van der Waals surface area contributed by atoms with Crippen molar-refractivity contribution in [1.29, 1.82) is 0 Å². The fourth-order valence-electron chi connectivity index (χ4n) is 6.22. The molecular weight excluding hydrogens is 440 g/mol. The first-order valence-electron chi connectivity index (χ1n) is 12.8. The number of carbonyl (C=O) groups excluding carboxylic acids is 1. The Bertz CT molecular complexity index is 976. The Morgan fingerprint density at radius 2 is 1.76 bits per heavy atom. The summed E-state index contributed by atoms with van der Waals surface area (Å²) in [7, 11) is 0. The summed E-state index contributed by atoms with van der Waals surface area (Å²) in [4.78, 5) is 10.8. The van der Waals surface area contributed by atoms with E-state index in [1.807, 2.05) is 12.9 Å². The molecule has 1 aliphatic heterocycles. The van der Waals surface area contributed by atoms with E-state index in [4.69, 9.17) is 23.0 Å². The molecule has 34 heavy (non-hydrogen) atoms. The summed E-state index contributed by atoms with van der Waals surface area (Å²) in [6.45, 7) is 11.2. The Hall–Kier alpha value is -2.10. The van der Waals surface area contributed by atoms with E-state index in [2.05, 4.69) is 59.6 Å². The molecular formula is C30H39ClN2O. The number of benzene rings is 2. The van der Waals surface area contributed by atoms with Crippen LogP contribution in [0.5, 0.6) is 0 Å². The fraction of sp³-hybridized carbons (Fsp3) is 0.500. The predicted octanol–water partition coefficient (Wildman–Crippen LogP) is 6.82. The molecule has 1 N–H and O–H groups in total. The van der Waals surface area contributed by atoms with Gasteiger partial charge in [-0.05, 0) is 81.2 Å². The Kier molecular flexibility index (Phi) is 7.84. The van der Waals surface area contributed by atoms with Gasteiger partial charge in [0.1, 0.15) is 6.79 Å². The lowest BCUT2D eigenvalue weighted by Gasteiger charge is -2.47. The van der Waals surface area contributed by atoms with Crippen molar-refractivity contribution in [3.63, 3.8) is 0 Å². The highest BCUT2D eigenvalue weighted by Crippen LogP contribution is 2.49. The van der Waals surface area contributed by atoms with Crippen molar-refractivity contribution in [3.05, 3.63) is 82.5 Å². The molecule has 5 rings (SSSR count). The van der Waals surface area contributed by atoms with Crippen molar-refractivity contribution >= 4 is 18.4 Å². The molecule has 3 nitrogen and oxygen atoms in total. The van der Waals surface area contributed by atoms with E-state index in [0.29, 0.717) is 5.92 Å². The smallest absolute Gasteiger partial charge is 0.106 e. The first-order valence-corrected chi connectivity index (χ1v) is 13.2. The van der Waals surface area contributed by atoms with Gasteiger partial charge in [0.05, 0.1) is 11.1 Å². The van der Waals surface area contributed by atoms with Gasteiger partial charge < -0.3 is 10.1 Å². The predicted molar refractivity (Wildman–Crippen MR) is 142 cm³/mol. The first kappa shape index (κ1) is 25.0. The maximum atomic E-state index is 8.00. The molecule has 2 aromatic rings. The average molecular weight is 479 g/mol. The van der Waals surface area contributed by atoms with Gasteiger partial charge in [0.25, 0.3) is 0 Å². The number of halogens is 1. The van der Waals surface area contributed by atoms with Gasteiger partial charge >= 0.3 is 0 Å². The average Bonchev–Trinajstić information content (AvgIpc) is 3.48. The zero-order valence-electron chi connectivity index (χ0n) is 20.6. The van der Waals surface area contributed by atoms with Crippen LogP contribution >= 0.6 is 11.6 Å². The third kappa shape index (κ3) is 5.26. The summed E-state index contributed by atoms with van der Waals surface area (Å²) >= 11 is 6.24. The van der Waals surface area contributed by atoms with Crippen LogP contribution in [-0.4, -0.2) is 30.3 Å². The van der Waals surface area contributed by atoms with E-state index >= 15 is 0 Å². The molecule has 0 amide bonds. The molecule has 3 fully saturated rings. The van der Waals surface area contributed by atoms with Crippen LogP contribution in [0.15, 0.2) is 60.8 Å². The molecule has 182 valence electrons. The summed E-state index contributed by atoms with van der Waals surface area (Å²) < 4.78 is 0. The van der Waals surface area contributed by atoms with E-state index in [1.54, 1.807) is 0 Å². The highest BCUT2D eigenvalue weighted by atomic mass is 35.5. The Balaban J connectivity index is 0.00000133. The monoisotopic (exact) mass is 478 g/mol. The largest absolute Gasteiger partial charge is 0.378 e. The van der Waals surface area contributed by atoms with Gasteiger partial charge in [-0.15, -0.1) is 0 Å². The molecule has 2 aliphatic carbocycles. The Morgan fingerprint density at radius 1 is 1.06 bits per heavy atom. The van der Waals surface area contributed by atoms with Gasteiger partial charge in [0.15, 0.2) is 0 Å². The zero-order valence-corrected chi connectivity index (χ0v) is 21.4. The fourth-order valence-corrected chi connectivity index (χ4v) is 6.43. The van der Waals surface area contributed by atoms with Crippen LogP contribution in [0.4, 0.5) is 0 Å². The lowest BCUT2D eigenvalue weighted by molar-refractivity contribution is -0.0979. The third-order valence-electron chi connectivity index (χ3n) is 8.29. The second kappa shape index (κ2) is 10.7. The maximum absolute atomic E-state index is 8.00. The van der Waals surface area contributed by atoms with Crippen molar-refractivity contribution in [2.24, 2.45) is 5.92 Å². The number of hydrogen-bond donors (Lipinski definition) is 1. The lowest BCUT2D eigenvalue weighted by Crippen LogP contribution is -2.54. The van der Waals surface area contributed by atoms with E-state index in [0.717, 1.165) is 11.4 Å². The van der Waals surface area contributed by atoms with Crippen LogP contribution in [0, 0.1) is 12.8 Å². The quantitative estimate of drug-likeness (QED) is 0.473. The summed E-state index contributed by atoms with van der Waals surface area (Å²) in [5.74, 6) is 0.701. The molecule has 0 radical (unpaired) electrons. The topological polar surface area (TPSA) is 32.3 Å². The van der Waals surface area contributed by atoms with E-state index < -0.39 is 0 Å². The van der Waals surface area contributed by atoms with Crippen LogP contribution < -0.4 is 5.32 Å². The second-order valence-electron chi connectivity index (χ2n) is 10.6. The van der Waals surface area contributed by atoms with Crippen LogP contribution in [0.1, 0.15) is 68.1 Å². The summed E-state index contributed by atoms with van der Waals surface area (Å²) in [5.41, 5.74) is 5.62. The van der Waals surface area contributed by atoms with Crippen LogP contribution in [-0.2, 0) is 16.8 Å². The standard InChI is InChI=1S/C29H37ClN2.CH2O/c1-22-9-11-26(12-10-22)28(16-17-28)31-23(2)29(14-4-3-5-15-29)32-18-13-25(21-32)19-24-7-6-8-27(30)20-24;1-2/h6-12,20,25,31H,2-5,13-19,21H2,1H3;1H2. The van der Waals surface area contributed by atoms with Gasteiger partial charge in [-0.3, -0.25) is 4.90 Å². The molecule has 1 saturated heterocycles. The van der Waals surface area contributed by atoms with Crippen molar-refractivity contribution in [3.8, 4) is 0 Å². The molecule has 1 atom stereocenters. The summed E-state index contributed by atoms with van der Waals surface area (Å²) in [6, 6.07) is 17.5. The van der Waals surface area contributed by atoms with Crippen LogP contribution in [0.3, 0.4) is 0 Å². The van der Waals surface area contributed by atoms with Gasteiger partial charge in [-0.25, -0.2) is 0 Å². The molecule has 2 aromatic carbocycles. The van der Waals surface area contributed by atoms with Crippen molar-refractivity contribution in [2.75, 3.05) is 13.1 Å². The Labute approximate surface area is 210 Å². The second-order valence-corrected chi connectivity index (χ2v) is 11.0. The molecule has 1 heterocycles. The molecule has 0 aromatic heterocycles. The minimum absolute atomic E-state index is 0.106. The van der Waals surface area contributed by atoms with Gasteiger partial charge in [-0.1, -0.05) is 79.4 Å². The summed E-state index contributed by atoms with van der Waals surface area (Å²) in [6.07, 6.45) is 11.3. The third-order valence-corrected chi connectivity index (χ3v) is 8.53. The summed E-state index contributed by atoms with van der Waals surface area (Å²) in [5, 5.41) is 4.86. The lowest BCUT2D eigenvalue weighted by atomic mass is 9.77. The molecule has 0 bridgehead atoms. The molecule has 2 saturated carbocycles. The SMILES string of the molecule is C=C(NC1(c2ccc(C)cc2)CC1)C1(N2CCC(Cc3cccc(Cl)c3)C2)CCCCC1.C=O. The van der Waals surface area contributed by atoms with Gasteiger partial charge in [0.2, 0.25) is 0 Å². The van der Waals surface area contributed by atoms with Gasteiger partial charge in [0, 0.05) is 17.3 Å². The van der Waals surface area contributed by atoms with Crippen molar-refractivity contribution in [2.45, 2.75) is 75.8 Å².